The van der Waals surface area contributed by atoms with Crippen LogP contribution in [0.15, 0.2) is 18.5 Å². The van der Waals surface area contributed by atoms with Crippen LogP contribution in [0.5, 0.6) is 0 Å². The maximum Gasteiger partial charge on any atom is 0.330 e. The summed E-state index contributed by atoms with van der Waals surface area (Å²) >= 11 is 0. The van der Waals surface area contributed by atoms with Gasteiger partial charge in [-0.3, -0.25) is 4.68 Å². The van der Waals surface area contributed by atoms with Gasteiger partial charge in [-0.2, -0.15) is 5.10 Å². The smallest absolute Gasteiger partial charge is 0.330 e. The van der Waals surface area contributed by atoms with E-state index in [0.29, 0.717) is 6.61 Å². The van der Waals surface area contributed by atoms with Crippen molar-refractivity contribution >= 4 is 12.0 Å². The molecule has 1 heterocycles. The Hall–Kier alpha value is -1.58. The second-order valence-electron chi connectivity index (χ2n) is 3.30. The number of ether oxygens (including phenoxy) is 1. The number of carbonyl (C=O) groups excluding carboxylic acids is 1. The Labute approximate surface area is 89.5 Å². The third-order valence-electron chi connectivity index (χ3n) is 1.88. The largest absolute Gasteiger partial charge is 0.463 e. The van der Waals surface area contributed by atoms with Crippen LogP contribution in [0, 0.1) is 0 Å². The van der Waals surface area contributed by atoms with E-state index in [9.17, 15) is 4.79 Å². The molecule has 0 radical (unpaired) electrons. The van der Waals surface area contributed by atoms with Gasteiger partial charge in [0.2, 0.25) is 0 Å². The third-order valence-corrected chi connectivity index (χ3v) is 1.88. The zero-order chi connectivity index (χ0) is 11.1. The van der Waals surface area contributed by atoms with Crippen LogP contribution in [0.2, 0.25) is 0 Å². The summed E-state index contributed by atoms with van der Waals surface area (Å²) in [6.45, 7) is 2.55. The highest BCUT2D eigenvalue weighted by molar-refractivity contribution is 5.86. The molecule has 0 aliphatic rings. The fraction of sp³-hybridized carbons (Fsp3) is 0.455. The van der Waals surface area contributed by atoms with E-state index in [0.717, 1.165) is 18.4 Å². The highest BCUT2D eigenvalue weighted by atomic mass is 16.5. The first-order valence-corrected chi connectivity index (χ1v) is 5.06. The van der Waals surface area contributed by atoms with E-state index in [4.69, 9.17) is 4.74 Å². The van der Waals surface area contributed by atoms with Crippen molar-refractivity contribution in [2.45, 2.75) is 19.8 Å². The van der Waals surface area contributed by atoms with Crippen LogP contribution >= 0.6 is 0 Å². The fourth-order valence-corrected chi connectivity index (χ4v) is 1.06. The lowest BCUT2D eigenvalue weighted by Crippen LogP contribution is -2.01. The molecule has 0 atom stereocenters. The van der Waals surface area contributed by atoms with Gasteiger partial charge < -0.3 is 4.74 Å². The van der Waals surface area contributed by atoms with E-state index in [2.05, 4.69) is 12.0 Å². The van der Waals surface area contributed by atoms with Gasteiger partial charge in [0.25, 0.3) is 0 Å². The number of nitrogens with zero attached hydrogens (tertiary/aromatic N) is 2. The molecular formula is C11H16N2O2. The van der Waals surface area contributed by atoms with E-state index in [1.165, 1.54) is 6.08 Å². The van der Waals surface area contributed by atoms with Crippen molar-refractivity contribution in [2.24, 2.45) is 7.05 Å². The van der Waals surface area contributed by atoms with Gasteiger partial charge in [0.05, 0.1) is 12.8 Å². The topological polar surface area (TPSA) is 44.1 Å². The summed E-state index contributed by atoms with van der Waals surface area (Å²) in [4.78, 5) is 11.2. The average Bonchev–Trinajstić information content (AvgIpc) is 2.62. The zero-order valence-electron chi connectivity index (χ0n) is 9.14. The van der Waals surface area contributed by atoms with Crippen LogP contribution in [0.1, 0.15) is 25.3 Å². The van der Waals surface area contributed by atoms with Crippen molar-refractivity contribution in [3.05, 3.63) is 24.0 Å². The molecule has 1 rings (SSSR count). The molecule has 0 saturated heterocycles. The molecule has 0 amide bonds. The predicted molar refractivity (Wildman–Crippen MR) is 58.1 cm³/mol. The Morgan fingerprint density at radius 3 is 3.07 bits per heavy atom. The average molecular weight is 208 g/mol. The lowest BCUT2D eigenvalue weighted by molar-refractivity contribution is -0.137. The number of aromatic nitrogens is 2. The second kappa shape index (κ2) is 6.01. The molecule has 1 aromatic heterocycles. The number of hydrogen-bond acceptors (Lipinski definition) is 3. The molecule has 0 aromatic carbocycles. The summed E-state index contributed by atoms with van der Waals surface area (Å²) in [5.41, 5.74) is 0.893. The molecule has 0 saturated carbocycles. The Bertz CT molecular complexity index is 342. The van der Waals surface area contributed by atoms with E-state index < -0.39 is 0 Å². The summed E-state index contributed by atoms with van der Waals surface area (Å²) in [5.74, 6) is -0.299. The van der Waals surface area contributed by atoms with Crippen LogP contribution in [-0.2, 0) is 16.6 Å². The van der Waals surface area contributed by atoms with Crippen LogP contribution < -0.4 is 0 Å². The first-order valence-electron chi connectivity index (χ1n) is 5.06. The summed E-state index contributed by atoms with van der Waals surface area (Å²) in [5, 5.41) is 3.98. The van der Waals surface area contributed by atoms with Gasteiger partial charge in [0, 0.05) is 24.9 Å². The third kappa shape index (κ3) is 4.44. The van der Waals surface area contributed by atoms with Crippen molar-refractivity contribution in [3.8, 4) is 0 Å². The minimum absolute atomic E-state index is 0.299. The molecule has 0 aliphatic heterocycles. The van der Waals surface area contributed by atoms with Gasteiger partial charge in [0.15, 0.2) is 0 Å². The lowest BCUT2D eigenvalue weighted by atomic mass is 10.3. The van der Waals surface area contributed by atoms with Crippen LogP contribution in [0.4, 0.5) is 0 Å². The van der Waals surface area contributed by atoms with Gasteiger partial charge >= 0.3 is 5.97 Å². The quantitative estimate of drug-likeness (QED) is 0.421. The van der Waals surface area contributed by atoms with E-state index >= 15 is 0 Å². The minimum atomic E-state index is -0.299. The normalized spacial score (nSPS) is 10.8. The molecule has 1 aromatic rings. The van der Waals surface area contributed by atoms with Crippen molar-refractivity contribution in [2.75, 3.05) is 6.61 Å². The molecule has 4 nitrogen and oxygen atoms in total. The highest BCUT2D eigenvalue weighted by Crippen LogP contribution is 1.99. The van der Waals surface area contributed by atoms with Crippen molar-refractivity contribution in [1.82, 2.24) is 9.78 Å². The number of unbranched alkanes of at least 4 members (excludes halogenated alkanes) is 1. The number of rotatable bonds is 5. The van der Waals surface area contributed by atoms with E-state index in [1.54, 1.807) is 17.0 Å². The van der Waals surface area contributed by atoms with Gasteiger partial charge in [-0.25, -0.2) is 4.79 Å². The first kappa shape index (κ1) is 11.5. The lowest BCUT2D eigenvalue weighted by Gasteiger charge is -1.98. The summed E-state index contributed by atoms with van der Waals surface area (Å²) in [6.07, 6.45) is 8.58. The number of aryl methyl sites for hydroxylation is 1. The van der Waals surface area contributed by atoms with Gasteiger partial charge in [-0.1, -0.05) is 13.3 Å². The van der Waals surface area contributed by atoms with Gasteiger partial charge in [-0.15, -0.1) is 0 Å². The van der Waals surface area contributed by atoms with Crippen LogP contribution in [-0.4, -0.2) is 22.4 Å². The Kier molecular flexibility index (Phi) is 4.60. The summed E-state index contributed by atoms with van der Waals surface area (Å²) in [7, 11) is 1.83. The van der Waals surface area contributed by atoms with Crippen molar-refractivity contribution < 1.29 is 9.53 Å². The Morgan fingerprint density at radius 1 is 1.67 bits per heavy atom. The molecular weight excluding hydrogens is 192 g/mol. The first-order chi connectivity index (χ1) is 7.22. The number of carbonyl (C=O) groups is 1. The van der Waals surface area contributed by atoms with Crippen LogP contribution in [0.25, 0.3) is 6.08 Å². The molecule has 0 unspecified atom stereocenters. The maximum atomic E-state index is 11.2. The number of hydrogen-bond donors (Lipinski definition) is 0. The number of esters is 1. The molecule has 15 heavy (non-hydrogen) atoms. The zero-order valence-corrected chi connectivity index (χ0v) is 9.14. The standard InChI is InChI=1S/C11H16N2O2/c1-3-4-7-15-11(14)6-5-10-8-12-13(2)9-10/h5-6,8-9H,3-4,7H2,1-2H3/b6-5+. The molecule has 0 bridgehead atoms. The van der Waals surface area contributed by atoms with E-state index in [-0.39, 0.29) is 5.97 Å². The highest BCUT2D eigenvalue weighted by Gasteiger charge is 1.96. The summed E-state index contributed by atoms with van der Waals surface area (Å²) < 4.78 is 6.64. The van der Waals surface area contributed by atoms with E-state index in [1.807, 2.05) is 13.2 Å². The predicted octanol–water partition coefficient (Wildman–Crippen LogP) is 1.78. The maximum absolute atomic E-state index is 11.2. The minimum Gasteiger partial charge on any atom is -0.463 e. The molecule has 0 aliphatic carbocycles. The molecule has 0 N–H and O–H groups in total. The van der Waals surface area contributed by atoms with Crippen molar-refractivity contribution in [3.63, 3.8) is 0 Å². The Morgan fingerprint density at radius 2 is 2.47 bits per heavy atom. The Balaban J connectivity index is 2.34. The molecule has 0 spiro atoms. The molecule has 0 fully saturated rings. The fourth-order valence-electron chi connectivity index (χ4n) is 1.06. The summed E-state index contributed by atoms with van der Waals surface area (Å²) in [6, 6.07) is 0. The SMILES string of the molecule is CCCCOC(=O)/C=C/c1cnn(C)c1. The molecule has 82 valence electrons. The second-order valence-corrected chi connectivity index (χ2v) is 3.30. The van der Waals surface area contributed by atoms with Gasteiger partial charge in [0.1, 0.15) is 0 Å². The van der Waals surface area contributed by atoms with Crippen molar-refractivity contribution in [1.29, 1.82) is 0 Å². The van der Waals surface area contributed by atoms with Gasteiger partial charge in [-0.05, 0) is 12.5 Å². The molecule has 4 heteroatoms. The van der Waals surface area contributed by atoms with Crippen LogP contribution in [0.3, 0.4) is 0 Å². The monoisotopic (exact) mass is 208 g/mol.